The number of anilines is 1. The highest BCUT2D eigenvalue weighted by atomic mass is 32.2. The summed E-state index contributed by atoms with van der Waals surface area (Å²) in [6.45, 7) is 4.10. The van der Waals surface area contributed by atoms with Gasteiger partial charge in [-0.25, -0.2) is 4.98 Å². The van der Waals surface area contributed by atoms with Gasteiger partial charge in [-0.05, 0) is 60.3 Å². The molecule has 5 rings (SSSR count). The van der Waals surface area contributed by atoms with Crippen LogP contribution in [-0.4, -0.2) is 63.3 Å². The molecule has 0 spiro atoms. The molecule has 0 radical (unpaired) electrons. The van der Waals surface area contributed by atoms with Crippen LogP contribution in [0.1, 0.15) is 24.2 Å². The average Bonchev–Trinajstić information content (AvgIpc) is 3.36. The van der Waals surface area contributed by atoms with Gasteiger partial charge >= 0.3 is 5.51 Å². The lowest BCUT2D eigenvalue weighted by Crippen LogP contribution is -2.44. The fraction of sp³-hybridized carbons (Fsp3) is 0.360. The van der Waals surface area contributed by atoms with E-state index in [1.54, 1.807) is 29.1 Å². The zero-order chi connectivity index (χ0) is 26.0. The Morgan fingerprint density at radius 1 is 1.08 bits per heavy atom. The predicted molar refractivity (Wildman–Crippen MR) is 136 cm³/mol. The zero-order valence-electron chi connectivity index (χ0n) is 20.1. The molecule has 1 aliphatic heterocycles. The first-order chi connectivity index (χ1) is 17.7. The number of piperazine rings is 1. The van der Waals surface area contributed by atoms with E-state index in [2.05, 4.69) is 32.0 Å². The number of nitrogens with zero attached hydrogens (tertiary/aromatic N) is 6. The summed E-state index contributed by atoms with van der Waals surface area (Å²) in [6, 6.07) is 6.96. The van der Waals surface area contributed by atoms with Crippen molar-refractivity contribution in [1.29, 1.82) is 0 Å². The molecule has 1 aliphatic carbocycles. The number of thioether (sulfide) groups is 1. The molecule has 0 atom stereocenters. The van der Waals surface area contributed by atoms with Crippen LogP contribution in [0, 0.1) is 0 Å². The minimum absolute atomic E-state index is 0.0991. The third-order valence-corrected chi connectivity index (χ3v) is 7.13. The number of rotatable bonds is 6. The third-order valence-electron chi connectivity index (χ3n) is 6.29. The molecule has 0 saturated carbocycles. The van der Waals surface area contributed by atoms with Gasteiger partial charge in [0.2, 0.25) is 0 Å². The fourth-order valence-electron chi connectivity index (χ4n) is 4.25. The van der Waals surface area contributed by atoms with Gasteiger partial charge in [-0.2, -0.15) is 18.2 Å². The normalized spacial score (nSPS) is 17.0. The second kappa shape index (κ2) is 10.5. The largest absolute Gasteiger partial charge is 0.446 e. The summed E-state index contributed by atoms with van der Waals surface area (Å²) < 4.78 is 44.8. The van der Waals surface area contributed by atoms with Crippen LogP contribution in [0.25, 0.3) is 17.0 Å². The summed E-state index contributed by atoms with van der Waals surface area (Å²) in [5.41, 5.74) is -2.26. The summed E-state index contributed by atoms with van der Waals surface area (Å²) in [5.74, 6) is 1.45. The van der Waals surface area contributed by atoms with Crippen molar-refractivity contribution in [2.45, 2.75) is 24.9 Å². The molecule has 0 unspecified atom stereocenters. The molecule has 1 fully saturated rings. The van der Waals surface area contributed by atoms with Crippen LogP contribution in [0.2, 0.25) is 0 Å². The Labute approximate surface area is 215 Å². The summed E-state index contributed by atoms with van der Waals surface area (Å²) in [4.78, 5) is 26.3. The molecular weight excluding hydrogens is 505 g/mol. The SMILES string of the molecule is CN1CCN(c2cc(Cn3cc(-c4nc(C5=CC=C(SC(F)(F)F)CC5)no4)ccc3=O)ccn2)CC1. The highest BCUT2D eigenvalue weighted by Gasteiger charge is 2.31. The van der Waals surface area contributed by atoms with Crippen LogP contribution in [0.4, 0.5) is 19.0 Å². The van der Waals surface area contributed by atoms with Gasteiger partial charge in [-0.1, -0.05) is 17.3 Å². The predicted octanol–water partition coefficient (Wildman–Crippen LogP) is 4.41. The van der Waals surface area contributed by atoms with Crippen LogP contribution in [0.15, 0.2) is 63.0 Å². The molecule has 37 heavy (non-hydrogen) atoms. The Kier molecular flexibility index (Phi) is 7.20. The highest BCUT2D eigenvalue weighted by Crippen LogP contribution is 2.41. The first-order valence-electron chi connectivity index (χ1n) is 11.8. The summed E-state index contributed by atoms with van der Waals surface area (Å²) in [7, 11) is 2.10. The molecule has 4 heterocycles. The molecule has 194 valence electrons. The van der Waals surface area contributed by atoms with E-state index in [9.17, 15) is 18.0 Å². The summed E-state index contributed by atoms with van der Waals surface area (Å²) in [5, 5.41) is 4.00. The number of likely N-dealkylation sites (N-methyl/N-ethyl adjacent to an activating group) is 1. The van der Waals surface area contributed by atoms with Gasteiger partial charge in [0.1, 0.15) is 5.82 Å². The smallest absolute Gasteiger partial charge is 0.354 e. The van der Waals surface area contributed by atoms with Gasteiger partial charge in [0.05, 0.1) is 12.1 Å². The van der Waals surface area contributed by atoms with Crippen molar-refractivity contribution in [1.82, 2.24) is 24.6 Å². The molecule has 3 aromatic heterocycles. The molecule has 1 saturated heterocycles. The van der Waals surface area contributed by atoms with Crippen molar-refractivity contribution in [3.8, 4) is 11.5 Å². The summed E-state index contributed by atoms with van der Waals surface area (Å²) in [6.07, 6.45) is 7.10. The Morgan fingerprint density at radius 3 is 2.62 bits per heavy atom. The number of hydrogen-bond donors (Lipinski definition) is 0. The van der Waals surface area contributed by atoms with E-state index in [0.717, 1.165) is 37.6 Å². The number of pyridine rings is 2. The van der Waals surface area contributed by atoms with Crippen molar-refractivity contribution in [3.05, 3.63) is 75.5 Å². The maximum atomic E-state index is 12.6. The molecule has 0 N–H and O–H groups in total. The van der Waals surface area contributed by atoms with Crippen molar-refractivity contribution in [3.63, 3.8) is 0 Å². The second-order valence-corrected chi connectivity index (χ2v) is 10.2. The quantitative estimate of drug-likeness (QED) is 0.464. The van der Waals surface area contributed by atoms with Gasteiger partial charge in [-0.15, -0.1) is 0 Å². The first-order valence-corrected chi connectivity index (χ1v) is 12.6. The maximum Gasteiger partial charge on any atom is 0.446 e. The van der Waals surface area contributed by atoms with E-state index < -0.39 is 5.51 Å². The van der Waals surface area contributed by atoms with Crippen molar-refractivity contribution < 1.29 is 17.7 Å². The van der Waals surface area contributed by atoms with Crippen LogP contribution < -0.4 is 10.5 Å². The number of hydrogen-bond acceptors (Lipinski definition) is 8. The molecule has 0 aromatic carbocycles. The maximum absolute atomic E-state index is 12.6. The molecule has 8 nitrogen and oxygen atoms in total. The lowest BCUT2D eigenvalue weighted by molar-refractivity contribution is -0.0322. The van der Waals surface area contributed by atoms with E-state index in [0.29, 0.717) is 29.9 Å². The zero-order valence-corrected chi connectivity index (χ0v) is 20.9. The van der Waals surface area contributed by atoms with E-state index >= 15 is 0 Å². The summed E-state index contributed by atoms with van der Waals surface area (Å²) >= 11 is -0.0991. The van der Waals surface area contributed by atoms with Crippen LogP contribution in [0.3, 0.4) is 0 Å². The van der Waals surface area contributed by atoms with Crippen molar-refractivity contribution in [2.24, 2.45) is 0 Å². The Morgan fingerprint density at radius 2 is 1.89 bits per heavy atom. The minimum atomic E-state index is -4.30. The van der Waals surface area contributed by atoms with Gasteiger partial charge in [-0.3, -0.25) is 4.79 Å². The average molecular weight is 531 g/mol. The first kappa shape index (κ1) is 25.3. The molecule has 3 aromatic rings. The fourth-order valence-corrected chi connectivity index (χ4v) is 4.89. The van der Waals surface area contributed by atoms with Crippen molar-refractivity contribution >= 4 is 23.2 Å². The Bertz CT molecular complexity index is 1390. The molecule has 0 amide bonds. The minimum Gasteiger partial charge on any atom is -0.354 e. The van der Waals surface area contributed by atoms with Crippen LogP contribution >= 0.6 is 11.8 Å². The van der Waals surface area contributed by atoms with Crippen LogP contribution in [-0.2, 0) is 6.54 Å². The van der Waals surface area contributed by atoms with Crippen LogP contribution in [0.5, 0.6) is 0 Å². The van der Waals surface area contributed by atoms with E-state index in [1.165, 1.54) is 12.1 Å². The standard InChI is InChI=1S/C25H25F3N6O2S/c1-32-10-12-33(13-11-32)21-14-17(8-9-29-21)15-34-16-19(4-7-22(34)35)24-30-23(31-36-24)18-2-5-20(6-3-18)37-25(26,27)28/h2,4-5,7-9,14,16H,3,6,10-13,15H2,1H3. The number of allylic oxidation sites excluding steroid dienone is 4. The van der Waals surface area contributed by atoms with Crippen molar-refractivity contribution in [2.75, 3.05) is 38.1 Å². The lowest BCUT2D eigenvalue weighted by Gasteiger charge is -2.33. The van der Waals surface area contributed by atoms with Gasteiger partial charge in [0.25, 0.3) is 11.4 Å². The van der Waals surface area contributed by atoms with Gasteiger partial charge in [0, 0.05) is 50.2 Å². The number of alkyl halides is 3. The monoisotopic (exact) mass is 530 g/mol. The Balaban J connectivity index is 1.32. The molecule has 12 heteroatoms. The number of halogens is 3. The van der Waals surface area contributed by atoms with E-state index in [-0.39, 0.29) is 34.5 Å². The number of aromatic nitrogens is 4. The highest BCUT2D eigenvalue weighted by molar-refractivity contribution is 8.03. The molecular formula is C25H25F3N6O2S. The third kappa shape index (κ3) is 6.31. The Hall–Kier alpha value is -3.38. The van der Waals surface area contributed by atoms with Gasteiger partial charge < -0.3 is 18.9 Å². The topological polar surface area (TPSA) is 80.3 Å². The van der Waals surface area contributed by atoms with E-state index in [4.69, 9.17) is 4.52 Å². The second-order valence-electron chi connectivity index (χ2n) is 8.99. The molecule has 2 aliphatic rings. The molecule has 0 bridgehead atoms. The lowest BCUT2D eigenvalue weighted by atomic mass is 10.0. The van der Waals surface area contributed by atoms with Gasteiger partial charge in [0.15, 0.2) is 5.82 Å². The van der Waals surface area contributed by atoms with E-state index in [1.807, 2.05) is 12.1 Å².